The molecule has 0 aromatic carbocycles. The average molecular weight is 907 g/mol. The van der Waals surface area contributed by atoms with Gasteiger partial charge in [-0.3, -0.25) is 18.6 Å². The molecule has 1 rings (SSSR count). The Kier molecular flexibility index (Phi) is 36.7. The lowest BCUT2D eigenvalue weighted by molar-refractivity contribution is -0.220. The number of aliphatic hydroxyl groups excluding tert-OH is 5. The van der Waals surface area contributed by atoms with E-state index >= 15 is 0 Å². The first-order valence-electron chi connectivity index (χ1n) is 25.0. The van der Waals surface area contributed by atoms with Crippen LogP contribution in [0.2, 0.25) is 0 Å². The third-order valence-electron chi connectivity index (χ3n) is 12.0. The number of rotatable bonds is 43. The summed E-state index contributed by atoms with van der Waals surface area (Å²) in [6, 6.07) is 0. The van der Waals surface area contributed by atoms with Crippen LogP contribution in [0.5, 0.6) is 0 Å². The molecule has 14 heteroatoms. The van der Waals surface area contributed by atoms with E-state index in [0.717, 1.165) is 51.4 Å². The van der Waals surface area contributed by atoms with E-state index in [4.69, 9.17) is 18.5 Å². The van der Waals surface area contributed by atoms with E-state index in [-0.39, 0.29) is 12.8 Å². The van der Waals surface area contributed by atoms with Crippen LogP contribution in [0.15, 0.2) is 12.7 Å². The molecule has 0 amide bonds. The van der Waals surface area contributed by atoms with Crippen LogP contribution in [-0.2, 0) is 32.7 Å². The Labute approximate surface area is 375 Å². The van der Waals surface area contributed by atoms with Crippen molar-refractivity contribution in [3.63, 3.8) is 0 Å². The minimum atomic E-state index is -5.11. The average Bonchev–Trinajstić information content (AvgIpc) is 3.25. The number of esters is 2. The molecule has 0 aliphatic heterocycles. The van der Waals surface area contributed by atoms with Crippen LogP contribution in [0.25, 0.3) is 0 Å². The summed E-state index contributed by atoms with van der Waals surface area (Å²) in [4.78, 5) is 35.8. The SMILES string of the molecule is C=CCCCCCCCCCCCCCCCC(=O)O[C@@H](COC(=O)CCCCCCCCCCCCCCCCCCCC)COP(=O)(O)OC1C(O)C(O)C(O)[C@H](O)C1O. The van der Waals surface area contributed by atoms with Crippen LogP contribution in [0, 0.1) is 0 Å². The van der Waals surface area contributed by atoms with Gasteiger partial charge in [0.2, 0.25) is 0 Å². The maximum Gasteiger partial charge on any atom is 0.472 e. The summed E-state index contributed by atoms with van der Waals surface area (Å²) in [5, 5.41) is 50.2. The fraction of sp³-hybridized carbons (Fsp3) is 0.917. The van der Waals surface area contributed by atoms with Gasteiger partial charge in [-0.25, -0.2) is 4.57 Å². The molecule has 6 unspecified atom stereocenters. The Morgan fingerprint density at radius 1 is 0.516 bits per heavy atom. The van der Waals surface area contributed by atoms with Gasteiger partial charge in [0.05, 0.1) is 6.61 Å². The summed E-state index contributed by atoms with van der Waals surface area (Å²) >= 11 is 0. The normalized spacial score (nSPS) is 21.7. The van der Waals surface area contributed by atoms with Gasteiger partial charge in [-0.2, -0.15) is 0 Å². The molecule has 1 aliphatic carbocycles. The molecule has 1 aliphatic rings. The number of hydrogen-bond acceptors (Lipinski definition) is 12. The Balaban J connectivity index is 2.39. The van der Waals surface area contributed by atoms with E-state index in [0.29, 0.717) is 12.8 Å². The number of hydrogen-bond donors (Lipinski definition) is 6. The summed E-state index contributed by atoms with van der Waals surface area (Å²) in [5.41, 5.74) is 0. The largest absolute Gasteiger partial charge is 0.472 e. The molecule has 13 nitrogen and oxygen atoms in total. The molecule has 8 atom stereocenters. The predicted molar refractivity (Wildman–Crippen MR) is 244 cm³/mol. The first-order chi connectivity index (χ1) is 29.9. The van der Waals surface area contributed by atoms with Crippen LogP contribution >= 0.6 is 7.82 Å². The quantitative estimate of drug-likeness (QED) is 0.0146. The molecule has 366 valence electrons. The van der Waals surface area contributed by atoms with E-state index in [1.54, 1.807) is 0 Å². The van der Waals surface area contributed by atoms with Gasteiger partial charge >= 0.3 is 19.8 Å². The van der Waals surface area contributed by atoms with Crippen LogP contribution in [-0.4, -0.2) is 98.3 Å². The minimum Gasteiger partial charge on any atom is -0.462 e. The molecule has 0 aromatic rings. The van der Waals surface area contributed by atoms with Crippen molar-refractivity contribution in [1.29, 1.82) is 0 Å². The van der Waals surface area contributed by atoms with Gasteiger partial charge in [-0.05, 0) is 25.7 Å². The second-order valence-corrected chi connectivity index (χ2v) is 19.2. The number of ether oxygens (including phenoxy) is 2. The van der Waals surface area contributed by atoms with Crippen LogP contribution in [0.1, 0.15) is 225 Å². The Hall–Kier alpha value is -1.41. The second-order valence-electron chi connectivity index (χ2n) is 17.8. The van der Waals surface area contributed by atoms with Crippen molar-refractivity contribution in [3.8, 4) is 0 Å². The zero-order valence-electron chi connectivity index (χ0n) is 38.8. The summed E-state index contributed by atoms with van der Waals surface area (Å²) in [6.45, 7) is 4.86. The summed E-state index contributed by atoms with van der Waals surface area (Å²) < 4.78 is 33.6. The highest BCUT2D eigenvalue weighted by molar-refractivity contribution is 7.47. The number of unbranched alkanes of at least 4 members (excludes halogenated alkanes) is 30. The number of phosphoric acid groups is 1. The Bertz CT molecular complexity index is 1130. The second kappa shape index (κ2) is 38.8. The highest BCUT2D eigenvalue weighted by Crippen LogP contribution is 2.47. The molecule has 0 heterocycles. The van der Waals surface area contributed by atoms with E-state index < -0.39 is 75.7 Å². The highest BCUT2D eigenvalue weighted by Gasteiger charge is 2.51. The van der Waals surface area contributed by atoms with Crippen LogP contribution in [0.3, 0.4) is 0 Å². The van der Waals surface area contributed by atoms with Crippen molar-refractivity contribution in [3.05, 3.63) is 12.7 Å². The number of aliphatic hydroxyl groups is 5. The molecule has 1 fully saturated rings. The van der Waals surface area contributed by atoms with Crippen LogP contribution < -0.4 is 0 Å². The lowest BCUT2D eigenvalue weighted by Gasteiger charge is -2.41. The Morgan fingerprint density at radius 2 is 0.855 bits per heavy atom. The smallest absolute Gasteiger partial charge is 0.462 e. The zero-order valence-corrected chi connectivity index (χ0v) is 39.7. The summed E-state index contributed by atoms with van der Waals surface area (Å²) in [5.74, 6) is -1.09. The fourth-order valence-electron chi connectivity index (χ4n) is 7.98. The molecule has 0 spiro atoms. The molecule has 0 aromatic heterocycles. The molecule has 1 saturated carbocycles. The maximum atomic E-state index is 12.8. The Morgan fingerprint density at radius 3 is 1.24 bits per heavy atom. The maximum absolute atomic E-state index is 12.8. The minimum absolute atomic E-state index is 0.0996. The molecule has 6 N–H and O–H groups in total. The molecule has 0 bridgehead atoms. The number of carbonyl (C=O) groups excluding carboxylic acids is 2. The molecular formula is C48H91O13P. The zero-order chi connectivity index (χ0) is 45.7. The lowest BCUT2D eigenvalue weighted by atomic mass is 9.85. The van der Waals surface area contributed by atoms with Gasteiger partial charge in [-0.1, -0.05) is 193 Å². The van der Waals surface area contributed by atoms with E-state index in [9.17, 15) is 44.6 Å². The highest BCUT2D eigenvalue weighted by atomic mass is 31.2. The van der Waals surface area contributed by atoms with E-state index in [1.807, 2.05) is 6.08 Å². The molecular weight excluding hydrogens is 815 g/mol. The topological polar surface area (TPSA) is 210 Å². The van der Waals surface area contributed by atoms with Crippen molar-refractivity contribution in [2.45, 2.75) is 268 Å². The van der Waals surface area contributed by atoms with Gasteiger partial charge in [0.25, 0.3) is 0 Å². The monoisotopic (exact) mass is 907 g/mol. The molecule has 62 heavy (non-hydrogen) atoms. The van der Waals surface area contributed by atoms with Crippen molar-refractivity contribution in [2.75, 3.05) is 13.2 Å². The van der Waals surface area contributed by atoms with Crippen molar-refractivity contribution >= 4 is 19.8 Å². The number of carbonyl (C=O) groups is 2. The van der Waals surface area contributed by atoms with Crippen molar-refractivity contribution < 1.29 is 63.1 Å². The number of phosphoric ester groups is 1. The first-order valence-corrected chi connectivity index (χ1v) is 26.4. The van der Waals surface area contributed by atoms with E-state index in [1.165, 1.54) is 141 Å². The van der Waals surface area contributed by atoms with Gasteiger partial charge in [-0.15, -0.1) is 6.58 Å². The first kappa shape index (κ1) is 58.6. The van der Waals surface area contributed by atoms with Gasteiger partial charge < -0.3 is 39.9 Å². The predicted octanol–water partition coefficient (Wildman–Crippen LogP) is 10.2. The van der Waals surface area contributed by atoms with Crippen LogP contribution in [0.4, 0.5) is 0 Å². The standard InChI is InChI=1S/C48H91O13P/c1-3-5-7-9-11-13-15-17-19-20-21-23-24-26-28-30-32-34-36-41(49)58-38-40(39-59-62(56,57)61-48-46(54)44(52)43(51)45(53)47(48)55)60-42(50)37-35-33-31-29-27-25-22-18-16-14-12-10-8-6-4-2/h4,40,43-48,51-55H,2-3,5-39H2,1H3,(H,56,57)/t40-,43?,44-,45?,46?,47?,48?/m0/s1. The van der Waals surface area contributed by atoms with Crippen molar-refractivity contribution in [1.82, 2.24) is 0 Å². The third-order valence-corrected chi connectivity index (χ3v) is 13.0. The fourth-order valence-corrected chi connectivity index (χ4v) is 8.95. The lowest BCUT2D eigenvalue weighted by Crippen LogP contribution is -2.64. The van der Waals surface area contributed by atoms with Crippen molar-refractivity contribution in [2.24, 2.45) is 0 Å². The molecule has 0 saturated heterocycles. The molecule has 0 radical (unpaired) electrons. The van der Waals surface area contributed by atoms with Gasteiger partial charge in [0.1, 0.15) is 43.2 Å². The third kappa shape index (κ3) is 30.7. The number of allylic oxidation sites excluding steroid dienone is 1. The van der Waals surface area contributed by atoms with Gasteiger partial charge in [0, 0.05) is 12.8 Å². The summed E-state index contributed by atoms with van der Waals surface area (Å²) in [7, 11) is -5.11. The van der Waals surface area contributed by atoms with Gasteiger partial charge in [0.15, 0.2) is 6.10 Å². The summed E-state index contributed by atoms with van der Waals surface area (Å²) in [6.07, 6.45) is 27.2. The van der Waals surface area contributed by atoms with E-state index in [2.05, 4.69) is 13.5 Å².